The number of hydrogen-bond donors (Lipinski definition) is 0. The molecule has 1 aromatic rings. The predicted molar refractivity (Wildman–Crippen MR) is 98.8 cm³/mol. The zero-order valence-corrected chi connectivity index (χ0v) is 17.8. The second-order valence-corrected chi connectivity index (χ2v) is 18.3. The van der Waals surface area contributed by atoms with E-state index >= 15 is 0 Å². The average molecular weight is 412 g/mol. The summed E-state index contributed by atoms with van der Waals surface area (Å²) in [4.78, 5) is 4.43. The van der Waals surface area contributed by atoms with E-state index < -0.39 is 18.8 Å². The van der Waals surface area contributed by atoms with Gasteiger partial charge in [0, 0.05) is 0 Å². The molecular formula is C19H35NOSn. The Balaban J connectivity index is 2.59. The van der Waals surface area contributed by atoms with Gasteiger partial charge in [0.15, 0.2) is 0 Å². The summed E-state index contributed by atoms with van der Waals surface area (Å²) in [6.07, 6.45) is 10.9. The standard InChI is InChI=1S/C7H8NO.3C4H9.Sn/c9-6-4-7-3-1-2-5-8-7;3*1-3-4-2;/h1-3,5H,4,6H2;3*1,3-4H2,2H3;/q-1;;;;+1. The fraction of sp³-hybridized carbons (Fsp3) is 0.737. The van der Waals surface area contributed by atoms with Gasteiger partial charge in [-0.1, -0.05) is 0 Å². The van der Waals surface area contributed by atoms with Gasteiger partial charge < -0.3 is 0 Å². The monoisotopic (exact) mass is 413 g/mol. The van der Waals surface area contributed by atoms with Gasteiger partial charge in [-0.25, -0.2) is 0 Å². The third kappa shape index (κ3) is 7.96. The molecule has 0 amide bonds. The Morgan fingerprint density at radius 2 is 1.50 bits per heavy atom. The van der Waals surface area contributed by atoms with Crippen LogP contribution in [0.2, 0.25) is 13.3 Å². The van der Waals surface area contributed by atoms with Crippen LogP contribution < -0.4 is 0 Å². The minimum absolute atomic E-state index is 0.893. The van der Waals surface area contributed by atoms with Gasteiger partial charge in [-0.05, 0) is 0 Å². The first-order valence-corrected chi connectivity index (χ1v) is 16.5. The maximum absolute atomic E-state index is 6.71. The van der Waals surface area contributed by atoms with Crippen LogP contribution in [0.4, 0.5) is 0 Å². The van der Waals surface area contributed by atoms with E-state index in [0.717, 1.165) is 13.0 Å². The van der Waals surface area contributed by atoms with Crippen LogP contribution in [0.5, 0.6) is 0 Å². The summed E-state index contributed by atoms with van der Waals surface area (Å²) >= 11 is -2.38. The van der Waals surface area contributed by atoms with Gasteiger partial charge in [-0.3, -0.25) is 0 Å². The number of unbranched alkanes of at least 4 members (excludes halogenated alkanes) is 3. The van der Waals surface area contributed by atoms with Gasteiger partial charge in [0.2, 0.25) is 0 Å². The van der Waals surface area contributed by atoms with E-state index in [4.69, 9.17) is 3.07 Å². The van der Waals surface area contributed by atoms with Crippen molar-refractivity contribution in [1.29, 1.82) is 0 Å². The summed E-state index contributed by atoms with van der Waals surface area (Å²) in [6.45, 7) is 7.82. The minimum atomic E-state index is -2.38. The van der Waals surface area contributed by atoms with Crippen molar-refractivity contribution < 1.29 is 3.07 Å². The van der Waals surface area contributed by atoms with Crippen molar-refractivity contribution in [3.05, 3.63) is 30.1 Å². The normalized spacial score (nSPS) is 11.8. The molecule has 0 N–H and O–H groups in total. The zero-order chi connectivity index (χ0) is 16.1. The number of pyridine rings is 1. The van der Waals surface area contributed by atoms with Gasteiger partial charge in [-0.15, -0.1) is 0 Å². The van der Waals surface area contributed by atoms with Crippen LogP contribution in [0.25, 0.3) is 0 Å². The molecule has 0 aliphatic rings. The molecule has 1 rings (SSSR count). The molecule has 1 aromatic heterocycles. The van der Waals surface area contributed by atoms with Crippen LogP contribution in [-0.2, 0) is 9.49 Å². The summed E-state index contributed by atoms with van der Waals surface area (Å²) in [6, 6.07) is 6.17. The molecule has 0 spiro atoms. The van der Waals surface area contributed by atoms with E-state index in [2.05, 4.69) is 37.9 Å². The molecule has 3 heteroatoms. The topological polar surface area (TPSA) is 22.1 Å². The molecule has 22 heavy (non-hydrogen) atoms. The molecule has 2 nitrogen and oxygen atoms in total. The first-order valence-electron chi connectivity index (χ1n) is 9.30. The summed E-state index contributed by atoms with van der Waals surface area (Å²) < 4.78 is 11.0. The van der Waals surface area contributed by atoms with Crippen LogP contribution in [0.3, 0.4) is 0 Å². The first-order chi connectivity index (χ1) is 10.8. The molecule has 0 unspecified atom stereocenters. The second kappa shape index (κ2) is 12.3. The number of aromatic nitrogens is 1. The SMILES string of the molecule is CCC[CH2][Sn]([CH2]CCC)([CH2]CCC)[O]CCc1ccccn1. The van der Waals surface area contributed by atoms with Crippen LogP contribution >= 0.6 is 0 Å². The molecule has 0 atom stereocenters. The number of hydrogen-bond acceptors (Lipinski definition) is 2. The molecule has 0 fully saturated rings. The summed E-state index contributed by atoms with van der Waals surface area (Å²) in [5.41, 5.74) is 1.17. The van der Waals surface area contributed by atoms with E-state index in [1.54, 1.807) is 0 Å². The molecular weight excluding hydrogens is 377 g/mol. The van der Waals surface area contributed by atoms with Crippen molar-refractivity contribution in [2.75, 3.05) is 6.61 Å². The quantitative estimate of drug-likeness (QED) is 0.372. The third-order valence-corrected chi connectivity index (χ3v) is 17.6. The molecule has 0 saturated heterocycles. The van der Waals surface area contributed by atoms with Crippen molar-refractivity contribution >= 4 is 18.8 Å². The molecule has 126 valence electrons. The van der Waals surface area contributed by atoms with Crippen molar-refractivity contribution in [3.63, 3.8) is 0 Å². The van der Waals surface area contributed by atoms with E-state index in [1.165, 1.54) is 57.5 Å². The Labute approximate surface area is 142 Å². The van der Waals surface area contributed by atoms with Gasteiger partial charge in [0.05, 0.1) is 0 Å². The Morgan fingerprint density at radius 1 is 0.909 bits per heavy atom. The predicted octanol–water partition coefficient (Wildman–Crippen LogP) is 5.99. The fourth-order valence-electron chi connectivity index (χ4n) is 3.01. The summed E-state index contributed by atoms with van der Waals surface area (Å²) in [5.74, 6) is 0. The van der Waals surface area contributed by atoms with E-state index in [-0.39, 0.29) is 0 Å². The second-order valence-electron chi connectivity index (χ2n) is 6.41. The maximum atomic E-state index is 6.71. The number of rotatable bonds is 13. The Morgan fingerprint density at radius 3 is 1.95 bits per heavy atom. The molecule has 0 aromatic carbocycles. The van der Waals surface area contributed by atoms with E-state index in [1.807, 2.05) is 12.3 Å². The molecule has 0 saturated carbocycles. The molecule has 1 heterocycles. The zero-order valence-electron chi connectivity index (χ0n) is 14.9. The van der Waals surface area contributed by atoms with Gasteiger partial charge in [-0.2, -0.15) is 0 Å². The van der Waals surface area contributed by atoms with Crippen molar-refractivity contribution in [3.8, 4) is 0 Å². The molecule has 0 aliphatic carbocycles. The Bertz CT molecular complexity index is 347. The summed E-state index contributed by atoms with van der Waals surface area (Å²) in [7, 11) is 0. The van der Waals surface area contributed by atoms with Crippen LogP contribution in [0.15, 0.2) is 24.4 Å². The van der Waals surface area contributed by atoms with Gasteiger partial charge in [0.1, 0.15) is 0 Å². The third-order valence-electron chi connectivity index (χ3n) is 4.45. The van der Waals surface area contributed by atoms with Crippen LogP contribution in [0, 0.1) is 0 Å². The van der Waals surface area contributed by atoms with Crippen molar-refractivity contribution in [1.82, 2.24) is 4.98 Å². The van der Waals surface area contributed by atoms with Crippen molar-refractivity contribution in [2.45, 2.75) is 79.0 Å². The van der Waals surface area contributed by atoms with Gasteiger partial charge >= 0.3 is 143 Å². The summed E-state index contributed by atoms with van der Waals surface area (Å²) in [5, 5.41) is 0. The molecule has 0 aliphatic heterocycles. The first kappa shape index (κ1) is 20.0. The van der Waals surface area contributed by atoms with Crippen LogP contribution in [0.1, 0.15) is 65.0 Å². The molecule has 0 bridgehead atoms. The Kier molecular flexibility index (Phi) is 11.2. The fourth-order valence-corrected chi connectivity index (χ4v) is 16.5. The van der Waals surface area contributed by atoms with E-state index in [0.29, 0.717) is 0 Å². The van der Waals surface area contributed by atoms with Gasteiger partial charge in [0.25, 0.3) is 0 Å². The van der Waals surface area contributed by atoms with E-state index in [9.17, 15) is 0 Å². The Hall–Kier alpha value is -0.0913. The van der Waals surface area contributed by atoms with Crippen molar-refractivity contribution in [2.24, 2.45) is 0 Å². The molecule has 0 radical (unpaired) electrons. The number of nitrogens with zero attached hydrogens (tertiary/aromatic N) is 1. The average Bonchev–Trinajstić information content (AvgIpc) is 2.57. The van der Waals surface area contributed by atoms with Crippen LogP contribution in [-0.4, -0.2) is 30.4 Å².